The second-order valence-corrected chi connectivity index (χ2v) is 7.86. The van der Waals surface area contributed by atoms with Crippen molar-refractivity contribution in [2.75, 3.05) is 6.61 Å². The first-order valence-corrected chi connectivity index (χ1v) is 9.66. The van der Waals surface area contributed by atoms with Crippen molar-refractivity contribution in [2.24, 2.45) is 11.8 Å². The van der Waals surface area contributed by atoms with E-state index in [1.165, 1.54) is 10.5 Å². The molecule has 27 heavy (non-hydrogen) atoms. The summed E-state index contributed by atoms with van der Waals surface area (Å²) in [5.74, 6) is 0.00307. The molecular weight excluding hydrogens is 338 g/mol. The molecule has 0 spiro atoms. The third-order valence-corrected chi connectivity index (χ3v) is 6.40. The van der Waals surface area contributed by atoms with E-state index in [0.717, 1.165) is 18.4 Å². The Morgan fingerprint density at radius 1 is 1.07 bits per heavy atom. The minimum atomic E-state index is -0.522. The van der Waals surface area contributed by atoms with Gasteiger partial charge in [-0.2, -0.15) is 0 Å². The molecule has 1 saturated carbocycles. The minimum absolute atomic E-state index is 0.102. The highest BCUT2D eigenvalue weighted by Crippen LogP contribution is 2.55. The number of rotatable bonds is 4. The van der Waals surface area contributed by atoms with E-state index in [2.05, 4.69) is 26.0 Å². The van der Waals surface area contributed by atoms with Gasteiger partial charge in [-0.15, -0.1) is 0 Å². The van der Waals surface area contributed by atoms with Crippen LogP contribution in [0.5, 0.6) is 0 Å². The van der Waals surface area contributed by atoms with Crippen molar-refractivity contribution in [3.05, 3.63) is 71.8 Å². The van der Waals surface area contributed by atoms with Crippen LogP contribution in [0.1, 0.15) is 43.9 Å². The molecule has 0 bridgehead atoms. The minimum Gasteiger partial charge on any atom is -0.446 e. The number of ether oxygens (including phenoxy) is 1. The van der Waals surface area contributed by atoms with E-state index < -0.39 is 6.09 Å². The molecule has 1 aliphatic heterocycles. The van der Waals surface area contributed by atoms with Crippen molar-refractivity contribution < 1.29 is 14.3 Å². The van der Waals surface area contributed by atoms with Crippen LogP contribution in [-0.2, 0) is 14.9 Å². The van der Waals surface area contributed by atoms with Gasteiger partial charge in [-0.05, 0) is 29.9 Å². The first-order chi connectivity index (χ1) is 13.1. The number of carbonyl (C=O) groups is 2. The zero-order valence-electron chi connectivity index (χ0n) is 15.8. The van der Waals surface area contributed by atoms with Crippen LogP contribution in [0.2, 0.25) is 0 Å². The number of imide groups is 1. The third kappa shape index (κ3) is 2.75. The summed E-state index contributed by atoms with van der Waals surface area (Å²) in [4.78, 5) is 27.3. The number of benzene rings is 2. The maximum absolute atomic E-state index is 13.5. The van der Waals surface area contributed by atoms with Gasteiger partial charge in [0, 0.05) is 11.3 Å². The third-order valence-electron chi connectivity index (χ3n) is 6.40. The van der Waals surface area contributed by atoms with Crippen LogP contribution in [0.4, 0.5) is 4.79 Å². The summed E-state index contributed by atoms with van der Waals surface area (Å²) in [5, 5.41) is 0. The average molecular weight is 363 g/mol. The van der Waals surface area contributed by atoms with E-state index in [0.29, 0.717) is 5.92 Å². The van der Waals surface area contributed by atoms with Crippen LogP contribution >= 0.6 is 0 Å². The molecule has 2 aliphatic rings. The first kappa shape index (κ1) is 17.8. The molecule has 2 aromatic rings. The van der Waals surface area contributed by atoms with Crippen molar-refractivity contribution >= 4 is 12.0 Å². The predicted molar refractivity (Wildman–Crippen MR) is 103 cm³/mol. The predicted octanol–water partition coefficient (Wildman–Crippen LogP) is 4.71. The van der Waals surface area contributed by atoms with E-state index in [-0.39, 0.29) is 29.9 Å². The summed E-state index contributed by atoms with van der Waals surface area (Å²) in [6.45, 7) is 4.56. The molecule has 0 N–H and O–H groups in total. The van der Waals surface area contributed by atoms with Gasteiger partial charge in [0.25, 0.3) is 0 Å². The maximum Gasteiger partial charge on any atom is 0.417 e. The molecule has 2 amide bonds. The molecule has 0 radical (unpaired) electrons. The van der Waals surface area contributed by atoms with Crippen LogP contribution in [0.25, 0.3) is 0 Å². The standard InChI is InChI=1S/C23H25NO3/c1-16(2)23(18-11-7-4-8-12-18)14-13-19(23)21(25)24-20(15-27-22(24)26)17-9-5-3-6-10-17/h3-12,16,19-20H,13-15H2,1-2H3/t19-,20+,23+/m1/s1. The summed E-state index contributed by atoms with van der Waals surface area (Å²) in [5.41, 5.74) is 1.90. The molecule has 4 nitrogen and oxygen atoms in total. The van der Waals surface area contributed by atoms with Crippen LogP contribution in [0.3, 0.4) is 0 Å². The van der Waals surface area contributed by atoms with Gasteiger partial charge < -0.3 is 4.74 Å². The fourth-order valence-electron chi connectivity index (χ4n) is 4.82. The Labute approximate surface area is 160 Å². The summed E-state index contributed by atoms with van der Waals surface area (Å²) in [6, 6.07) is 19.6. The average Bonchev–Trinajstić information content (AvgIpc) is 3.04. The number of cyclic esters (lactones) is 1. The number of hydrogen-bond donors (Lipinski definition) is 0. The van der Waals surface area contributed by atoms with Gasteiger partial charge in [-0.1, -0.05) is 74.5 Å². The summed E-state index contributed by atoms with van der Waals surface area (Å²) >= 11 is 0. The SMILES string of the molecule is CC(C)[C@]1(c2ccccc2)CC[C@@H]1C(=O)N1C(=O)OC[C@H]1c1ccccc1. The van der Waals surface area contributed by atoms with Crippen molar-refractivity contribution in [1.82, 2.24) is 4.90 Å². The van der Waals surface area contributed by atoms with E-state index in [9.17, 15) is 9.59 Å². The second kappa shape index (κ2) is 6.84. The van der Waals surface area contributed by atoms with Crippen molar-refractivity contribution in [2.45, 2.75) is 38.1 Å². The molecule has 2 fully saturated rings. The van der Waals surface area contributed by atoms with Gasteiger partial charge in [-0.3, -0.25) is 4.79 Å². The van der Waals surface area contributed by atoms with Gasteiger partial charge in [0.15, 0.2) is 0 Å². The lowest BCUT2D eigenvalue weighted by Crippen LogP contribution is -2.56. The number of nitrogens with zero attached hydrogens (tertiary/aromatic N) is 1. The Morgan fingerprint density at radius 2 is 1.70 bits per heavy atom. The van der Waals surface area contributed by atoms with Gasteiger partial charge >= 0.3 is 6.09 Å². The van der Waals surface area contributed by atoms with Gasteiger partial charge in [-0.25, -0.2) is 9.69 Å². The molecule has 0 aromatic heterocycles. The lowest BCUT2D eigenvalue weighted by atomic mass is 9.51. The molecule has 3 atom stereocenters. The lowest BCUT2D eigenvalue weighted by molar-refractivity contribution is -0.142. The molecule has 4 heteroatoms. The van der Waals surface area contributed by atoms with Gasteiger partial charge in [0.05, 0.1) is 0 Å². The Balaban J connectivity index is 1.68. The fourth-order valence-corrected chi connectivity index (χ4v) is 4.82. The second-order valence-electron chi connectivity index (χ2n) is 7.86. The van der Waals surface area contributed by atoms with Crippen LogP contribution in [0.15, 0.2) is 60.7 Å². The van der Waals surface area contributed by atoms with Crippen LogP contribution < -0.4 is 0 Å². The monoisotopic (exact) mass is 363 g/mol. The molecule has 1 heterocycles. The molecule has 1 aliphatic carbocycles. The van der Waals surface area contributed by atoms with E-state index in [4.69, 9.17) is 4.74 Å². The highest BCUT2D eigenvalue weighted by atomic mass is 16.6. The summed E-state index contributed by atoms with van der Waals surface area (Å²) in [7, 11) is 0. The Hall–Kier alpha value is -2.62. The quantitative estimate of drug-likeness (QED) is 0.790. The van der Waals surface area contributed by atoms with Crippen LogP contribution in [0, 0.1) is 11.8 Å². The Kier molecular flexibility index (Phi) is 4.50. The zero-order chi connectivity index (χ0) is 19.0. The van der Waals surface area contributed by atoms with Crippen LogP contribution in [-0.4, -0.2) is 23.5 Å². The largest absolute Gasteiger partial charge is 0.446 e. The molecule has 0 unspecified atom stereocenters. The molecule has 2 aromatic carbocycles. The van der Waals surface area contributed by atoms with E-state index in [1.807, 2.05) is 48.5 Å². The van der Waals surface area contributed by atoms with E-state index >= 15 is 0 Å². The Bertz CT molecular complexity index is 833. The fraction of sp³-hybridized carbons (Fsp3) is 0.391. The molecule has 4 rings (SSSR count). The van der Waals surface area contributed by atoms with Crippen molar-refractivity contribution in [3.63, 3.8) is 0 Å². The molecule has 1 saturated heterocycles. The normalized spacial score (nSPS) is 27.4. The number of carbonyl (C=O) groups excluding carboxylic acids is 2. The molecular formula is C23H25NO3. The number of hydrogen-bond acceptors (Lipinski definition) is 3. The van der Waals surface area contributed by atoms with Crippen molar-refractivity contribution in [3.8, 4) is 0 Å². The Morgan fingerprint density at radius 3 is 2.26 bits per heavy atom. The smallest absolute Gasteiger partial charge is 0.417 e. The first-order valence-electron chi connectivity index (χ1n) is 9.66. The number of amides is 2. The topological polar surface area (TPSA) is 46.6 Å². The highest BCUT2D eigenvalue weighted by molar-refractivity contribution is 5.96. The highest BCUT2D eigenvalue weighted by Gasteiger charge is 2.56. The lowest BCUT2D eigenvalue weighted by Gasteiger charge is -2.53. The zero-order valence-corrected chi connectivity index (χ0v) is 15.8. The van der Waals surface area contributed by atoms with Crippen molar-refractivity contribution in [1.29, 1.82) is 0 Å². The maximum atomic E-state index is 13.5. The van der Waals surface area contributed by atoms with E-state index in [1.54, 1.807) is 0 Å². The van der Waals surface area contributed by atoms with Gasteiger partial charge in [0.2, 0.25) is 5.91 Å². The van der Waals surface area contributed by atoms with Gasteiger partial charge in [0.1, 0.15) is 12.6 Å². The summed E-state index contributed by atoms with van der Waals surface area (Å²) < 4.78 is 5.27. The molecule has 140 valence electrons. The summed E-state index contributed by atoms with van der Waals surface area (Å²) in [6.07, 6.45) is 1.24.